The fraction of sp³-hybridized carbons (Fsp3) is 0.114. The lowest BCUT2D eigenvalue weighted by atomic mass is 9.93. The standard InChI is InChI=1S/C35H25Cl3N2O4S/c1-2-43-34(42)30-31(22-9-5-3-6-10-22)39-35-40(32(30)23-11-7-4-8-12-23)33(41)29(45-35)19-24-18-25(36)14-16-28(24)44-20-21-13-15-26(37)27(38)17-21/h3-19,32H,2,20H2,1H3/b29-19-/t32-/m1/s1. The molecule has 5 aromatic rings. The fourth-order valence-corrected chi connectivity index (χ4v) is 6.58. The molecule has 0 amide bonds. The number of hydrogen-bond acceptors (Lipinski definition) is 6. The summed E-state index contributed by atoms with van der Waals surface area (Å²) in [6.45, 7) is 2.15. The van der Waals surface area contributed by atoms with E-state index in [4.69, 9.17) is 49.3 Å². The van der Waals surface area contributed by atoms with Gasteiger partial charge in [0, 0.05) is 16.1 Å². The van der Waals surface area contributed by atoms with Crippen molar-refractivity contribution in [3.63, 3.8) is 0 Å². The number of hydrogen-bond donors (Lipinski definition) is 0. The van der Waals surface area contributed by atoms with Gasteiger partial charge in [0.2, 0.25) is 0 Å². The first-order valence-electron chi connectivity index (χ1n) is 14.0. The molecule has 6 rings (SSSR count). The second kappa shape index (κ2) is 13.5. The van der Waals surface area contributed by atoms with Crippen molar-refractivity contribution in [1.29, 1.82) is 0 Å². The smallest absolute Gasteiger partial charge is 0.338 e. The molecule has 1 atom stereocenters. The van der Waals surface area contributed by atoms with Crippen LogP contribution in [-0.2, 0) is 16.1 Å². The van der Waals surface area contributed by atoms with E-state index in [0.29, 0.717) is 47.0 Å². The third-order valence-corrected chi connectivity index (χ3v) is 9.08. The Labute approximate surface area is 278 Å². The first-order valence-corrected chi connectivity index (χ1v) is 16.0. The highest BCUT2D eigenvalue weighted by Crippen LogP contribution is 2.35. The molecule has 1 aliphatic heterocycles. The van der Waals surface area contributed by atoms with Gasteiger partial charge in [0.25, 0.3) is 5.56 Å². The summed E-state index contributed by atoms with van der Waals surface area (Å²) < 4.78 is 13.6. The molecule has 226 valence electrons. The van der Waals surface area contributed by atoms with Crippen LogP contribution in [0.25, 0.3) is 11.8 Å². The Bertz CT molecular complexity index is 2110. The normalized spacial score (nSPS) is 14.6. The summed E-state index contributed by atoms with van der Waals surface area (Å²) in [7, 11) is 0. The maximum absolute atomic E-state index is 14.2. The zero-order valence-corrected chi connectivity index (χ0v) is 27.0. The van der Waals surface area contributed by atoms with Gasteiger partial charge in [0.1, 0.15) is 12.4 Å². The average molecular weight is 676 g/mol. The first-order chi connectivity index (χ1) is 21.8. The molecule has 0 spiro atoms. The minimum Gasteiger partial charge on any atom is -0.488 e. The molecule has 0 aliphatic carbocycles. The highest BCUT2D eigenvalue weighted by atomic mass is 35.5. The quantitative estimate of drug-likeness (QED) is 0.160. The summed E-state index contributed by atoms with van der Waals surface area (Å²) in [6.07, 6.45) is 1.73. The van der Waals surface area contributed by atoms with Gasteiger partial charge in [0.05, 0.1) is 38.5 Å². The largest absolute Gasteiger partial charge is 0.488 e. The number of nitrogens with zero attached hydrogens (tertiary/aromatic N) is 2. The van der Waals surface area contributed by atoms with Crippen molar-refractivity contribution in [3.05, 3.63) is 160 Å². The van der Waals surface area contributed by atoms with Gasteiger partial charge in [-0.1, -0.05) is 113 Å². The molecule has 0 radical (unpaired) electrons. The summed E-state index contributed by atoms with van der Waals surface area (Å²) >= 11 is 19.9. The number of ether oxygens (including phenoxy) is 2. The van der Waals surface area contributed by atoms with Gasteiger partial charge in [-0.3, -0.25) is 9.36 Å². The molecule has 6 nitrogen and oxygen atoms in total. The van der Waals surface area contributed by atoms with E-state index in [1.807, 2.05) is 66.7 Å². The minimum atomic E-state index is -0.761. The Balaban J connectivity index is 1.51. The third kappa shape index (κ3) is 6.49. The van der Waals surface area contributed by atoms with Crippen LogP contribution in [0.2, 0.25) is 15.1 Å². The van der Waals surface area contributed by atoms with E-state index in [-0.39, 0.29) is 18.8 Å². The highest BCUT2D eigenvalue weighted by molar-refractivity contribution is 7.07. The van der Waals surface area contributed by atoms with Gasteiger partial charge in [0.15, 0.2) is 4.80 Å². The maximum Gasteiger partial charge on any atom is 0.338 e. The molecule has 0 bridgehead atoms. The zero-order chi connectivity index (χ0) is 31.5. The predicted octanol–water partition coefficient (Wildman–Crippen LogP) is 7.47. The average Bonchev–Trinajstić information content (AvgIpc) is 3.36. The Morgan fingerprint density at radius 2 is 1.67 bits per heavy atom. The Kier molecular flexibility index (Phi) is 9.24. The van der Waals surface area contributed by atoms with Crippen molar-refractivity contribution in [2.75, 3.05) is 6.61 Å². The minimum absolute atomic E-state index is 0.177. The number of esters is 1. The van der Waals surface area contributed by atoms with Crippen LogP contribution in [0.5, 0.6) is 5.75 Å². The van der Waals surface area contributed by atoms with Crippen molar-refractivity contribution in [2.24, 2.45) is 4.99 Å². The molecule has 45 heavy (non-hydrogen) atoms. The summed E-state index contributed by atoms with van der Waals surface area (Å²) in [4.78, 5) is 33.2. The summed E-state index contributed by atoms with van der Waals surface area (Å²) in [5, 5.41) is 1.37. The van der Waals surface area contributed by atoms with E-state index in [2.05, 4.69) is 0 Å². The molecule has 1 aliphatic rings. The molecule has 0 saturated carbocycles. The molecule has 2 heterocycles. The second-order valence-electron chi connectivity index (χ2n) is 10.1. The SMILES string of the molecule is CCOC(=O)C1=C(c2ccccc2)N=c2s/c(=C\c3cc(Cl)ccc3OCc3ccc(Cl)c(Cl)c3)c(=O)n2[C@@H]1c1ccccc1. The van der Waals surface area contributed by atoms with Gasteiger partial charge < -0.3 is 9.47 Å². The number of aromatic nitrogens is 1. The van der Waals surface area contributed by atoms with E-state index in [0.717, 1.165) is 16.7 Å². The summed E-state index contributed by atoms with van der Waals surface area (Å²) in [5.41, 5.74) is 3.38. The predicted molar refractivity (Wildman–Crippen MR) is 180 cm³/mol. The molecule has 4 aromatic carbocycles. The van der Waals surface area contributed by atoms with E-state index < -0.39 is 12.0 Å². The molecule has 1 aromatic heterocycles. The van der Waals surface area contributed by atoms with Crippen LogP contribution in [0, 0.1) is 0 Å². The lowest BCUT2D eigenvalue weighted by Crippen LogP contribution is -2.40. The molecule has 0 saturated heterocycles. The van der Waals surface area contributed by atoms with Crippen LogP contribution >= 0.6 is 46.1 Å². The van der Waals surface area contributed by atoms with Gasteiger partial charge in [-0.05, 0) is 54.5 Å². The number of rotatable bonds is 8. The van der Waals surface area contributed by atoms with Gasteiger partial charge in [-0.25, -0.2) is 9.79 Å². The van der Waals surface area contributed by atoms with Crippen molar-refractivity contribution in [1.82, 2.24) is 4.57 Å². The molecular formula is C35H25Cl3N2O4S. The van der Waals surface area contributed by atoms with Crippen LogP contribution in [-0.4, -0.2) is 17.1 Å². The van der Waals surface area contributed by atoms with Crippen molar-refractivity contribution < 1.29 is 14.3 Å². The van der Waals surface area contributed by atoms with Crippen LogP contribution < -0.4 is 19.6 Å². The Morgan fingerprint density at radius 3 is 2.38 bits per heavy atom. The molecule has 10 heteroatoms. The summed E-state index contributed by atoms with van der Waals surface area (Å²) in [6, 6.07) is 28.6. The first kappa shape index (κ1) is 30.9. The van der Waals surface area contributed by atoms with Gasteiger partial charge in [-0.15, -0.1) is 0 Å². The number of carbonyl (C=O) groups is 1. The molecule has 0 unspecified atom stereocenters. The number of carbonyl (C=O) groups excluding carboxylic acids is 1. The topological polar surface area (TPSA) is 69.9 Å². The lowest BCUT2D eigenvalue weighted by Gasteiger charge is -2.25. The van der Waals surface area contributed by atoms with E-state index in [9.17, 15) is 9.59 Å². The number of benzene rings is 4. The number of halogens is 3. The van der Waals surface area contributed by atoms with Crippen molar-refractivity contribution in [3.8, 4) is 5.75 Å². The van der Waals surface area contributed by atoms with Crippen LogP contribution in [0.15, 0.2) is 112 Å². The molecular weight excluding hydrogens is 651 g/mol. The molecule has 0 N–H and O–H groups in total. The van der Waals surface area contributed by atoms with Gasteiger partial charge >= 0.3 is 5.97 Å². The van der Waals surface area contributed by atoms with E-state index >= 15 is 0 Å². The lowest BCUT2D eigenvalue weighted by molar-refractivity contribution is -0.138. The van der Waals surface area contributed by atoms with Gasteiger partial charge in [-0.2, -0.15) is 0 Å². The van der Waals surface area contributed by atoms with Crippen molar-refractivity contribution >= 4 is 63.9 Å². The monoisotopic (exact) mass is 674 g/mol. The Morgan fingerprint density at radius 1 is 0.933 bits per heavy atom. The van der Waals surface area contributed by atoms with Crippen LogP contribution in [0.3, 0.4) is 0 Å². The Hall–Kier alpha value is -4.14. The van der Waals surface area contributed by atoms with E-state index in [1.165, 1.54) is 11.3 Å². The highest BCUT2D eigenvalue weighted by Gasteiger charge is 2.35. The van der Waals surface area contributed by atoms with Crippen LogP contribution in [0.1, 0.15) is 35.2 Å². The van der Waals surface area contributed by atoms with Crippen LogP contribution in [0.4, 0.5) is 0 Å². The third-order valence-electron chi connectivity index (χ3n) is 7.13. The fourth-order valence-electron chi connectivity index (χ4n) is 5.09. The summed E-state index contributed by atoms with van der Waals surface area (Å²) in [5.74, 6) is -0.0100. The second-order valence-corrected chi connectivity index (χ2v) is 12.3. The maximum atomic E-state index is 14.2. The number of fused-ring (bicyclic) bond motifs is 1. The number of thiazole rings is 1. The van der Waals surface area contributed by atoms with E-state index in [1.54, 1.807) is 47.9 Å². The van der Waals surface area contributed by atoms with Crippen molar-refractivity contribution in [2.45, 2.75) is 19.6 Å². The molecule has 0 fully saturated rings. The zero-order valence-electron chi connectivity index (χ0n) is 23.9.